The average molecular weight is 257 g/mol. The Labute approximate surface area is 113 Å². The molecule has 0 spiro atoms. The summed E-state index contributed by atoms with van der Waals surface area (Å²) in [4.78, 5) is 0. The molecule has 0 fully saturated rings. The second kappa shape index (κ2) is 5.05. The fraction of sp³-hybridized carbons (Fsp3) is 0.400. The van der Waals surface area contributed by atoms with Crippen LogP contribution in [0.25, 0.3) is 0 Å². The third-order valence-corrected chi connectivity index (χ3v) is 3.90. The third-order valence-electron chi connectivity index (χ3n) is 3.90. The first kappa shape index (κ1) is 12.2. The maximum absolute atomic E-state index is 5.75. The fourth-order valence-electron chi connectivity index (χ4n) is 2.96. The zero-order chi connectivity index (χ0) is 13.2. The molecule has 3 rings (SSSR count). The minimum absolute atomic E-state index is 0.262. The summed E-state index contributed by atoms with van der Waals surface area (Å²) in [6, 6.07) is 10.7. The standard InChI is InChI=1S/C15H19N3O/c1-16-15(13-7-9-17-18(13)2)12-8-10-19-14-6-4-3-5-11(12)14/h3-7,9,12,15-16H,8,10H2,1-2H3. The van der Waals surface area contributed by atoms with Crippen LogP contribution in [-0.4, -0.2) is 23.4 Å². The molecule has 1 aromatic heterocycles. The summed E-state index contributed by atoms with van der Waals surface area (Å²) in [6.07, 6.45) is 2.87. The highest BCUT2D eigenvalue weighted by molar-refractivity contribution is 5.39. The summed E-state index contributed by atoms with van der Waals surface area (Å²) in [7, 11) is 4.00. The lowest BCUT2D eigenvalue weighted by molar-refractivity contribution is 0.246. The number of hydrogen-bond donors (Lipinski definition) is 1. The molecule has 2 heterocycles. The van der Waals surface area contributed by atoms with Crippen LogP contribution >= 0.6 is 0 Å². The molecule has 0 saturated carbocycles. The lowest BCUT2D eigenvalue weighted by atomic mass is 9.85. The van der Waals surface area contributed by atoms with Crippen molar-refractivity contribution in [3.05, 3.63) is 47.8 Å². The van der Waals surface area contributed by atoms with Crippen molar-refractivity contribution in [2.24, 2.45) is 7.05 Å². The molecule has 1 aliphatic rings. The van der Waals surface area contributed by atoms with Crippen molar-refractivity contribution in [1.82, 2.24) is 15.1 Å². The monoisotopic (exact) mass is 257 g/mol. The Bertz CT molecular complexity index is 564. The molecule has 2 unspecified atom stereocenters. The number of para-hydroxylation sites is 1. The molecule has 1 N–H and O–H groups in total. The van der Waals surface area contributed by atoms with Crippen molar-refractivity contribution in [2.45, 2.75) is 18.4 Å². The van der Waals surface area contributed by atoms with Crippen LogP contribution < -0.4 is 10.1 Å². The van der Waals surface area contributed by atoms with Gasteiger partial charge in [0.25, 0.3) is 0 Å². The minimum atomic E-state index is 0.262. The molecular weight excluding hydrogens is 238 g/mol. The van der Waals surface area contributed by atoms with Gasteiger partial charge in [0, 0.05) is 19.2 Å². The number of hydrogen-bond acceptors (Lipinski definition) is 3. The minimum Gasteiger partial charge on any atom is -0.493 e. The van der Waals surface area contributed by atoms with Crippen LogP contribution in [0.2, 0.25) is 0 Å². The van der Waals surface area contributed by atoms with Gasteiger partial charge in [-0.1, -0.05) is 18.2 Å². The molecule has 2 aromatic rings. The Morgan fingerprint density at radius 3 is 2.95 bits per heavy atom. The van der Waals surface area contributed by atoms with E-state index in [0.29, 0.717) is 5.92 Å². The van der Waals surface area contributed by atoms with Crippen LogP contribution in [0.3, 0.4) is 0 Å². The van der Waals surface area contributed by atoms with Gasteiger partial charge in [-0.15, -0.1) is 0 Å². The first-order valence-corrected chi connectivity index (χ1v) is 6.68. The van der Waals surface area contributed by atoms with E-state index in [-0.39, 0.29) is 6.04 Å². The summed E-state index contributed by atoms with van der Waals surface area (Å²) >= 11 is 0. The Hall–Kier alpha value is -1.81. The number of ether oxygens (including phenoxy) is 1. The van der Waals surface area contributed by atoms with Crippen molar-refractivity contribution < 1.29 is 4.74 Å². The van der Waals surface area contributed by atoms with Crippen LogP contribution in [0, 0.1) is 0 Å². The Morgan fingerprint density at radius 1 is 1.37 bits per heavy atom. The number of likely N-dealkylation sites (N-methyl/N-ethyl adjacent to an activating group) is 1. The third kappa shape index (κ3) is 2.12. The highest BCUT2D eigenvalue weighted by Gasteiger charge is 2.30. The molecule has 4 nitrogen and oxygen atoms in total. The number of nitrogens with one attached hydrogen (secondary N) is 1. The summed E-state index contributed by atoms with van der Waals surface area (Å²) in [5.41, 5.74) is 2.50. The molecule has 0 amide bonds. The maximum atomic E-state index is 5.75. The molecule has 0 saturated heterocycles. The van der Waals surface area contributed by atoms with Crippen LogP contribution in [0.15, 0.2) is 36.5 Å². The van der Waals surface area contributed by atoms with Crippen LogP contribution in [0.4, 0.5) is 0 Å². The SMILES string of the molecule is CNC(c1ccnn1C)C1CCOc2ccccc21. The molecule has 0 radical (unpaired) electrons. The molecule has 2 atom stereocenters. The first-order valence-electron chi connectivity index (χ1n) is 6.68. The molecule has 0 aliphatic carbocycles. The number of aromatic nitrogens is 2. The quantitative estimate of drug-likeness (QED) is 0.916. The van der Waals surface area contributed by atoms with Gasteiger partial charge in [-0.25, -0.2) is 0 Å². The lowest BCUT2D eigenvalue weighted by Gasteiger charge is -2.32. The first-order chi connectivity index (χ1) is 9.31. The van der Waals surface area contributed by atoms with Gasteiger partial charge in [0.15, 0.2) is 0 Å². The van der Waals surface area contributed by atoms with Crippen molar-refractivity contribution in [3.63, 3.8) is 0 Å². The normalized spacial score (nSPS) is 19.6. The molecule has 1 aliphatic heterocycles. The van der Waals surface area contributed by atoms with Gasteiger partial charge >= 0.3 is 0 Å². The predicted molar refractivity (Wildman–Crippen MR) is 74.3 cm³/mol. The van der Waals surface area contributed by atoms with Gasteiger partial charge in [-0.05, 0) is 31.2 Å². The van der Waals surface area contributed by atoms with Gasteiger partial charge in [0.1, 0.15) is 5.75 Å². The fourth-order valence-corrected chi connectivity index (χ4v) is 2.96. The number of benzene rings is 1. The molecule has 100 valence electrons. The highest BCUT2D eigenvalue weighted by Crippen LogP contribution is 2.40. The van der Waals surface area contributed by atoms with Crippen LogP contribution in [0.1, 0.15) is 29.6 Å². The zero-order valence-electron chi connectivity index (χ0n) is 11.3. The van der Waals surface area contributed by atoms with E-state index >= 15 is 0 Å². The summed E-state index contributed by atoms with van der Waals surface area (Å²) < 4.78 is 7.69. The molecule has 0 bridgehead atoms. The molecule has 19 heavy (non-hydrogen) atoms. The average Bonchev–Trinajstić information content (AvgIpc) is 2.86. The summed E-state index contributed by atoms with van der Waals surface area (Å²) in [6.45, 7) is 0.776. The number of nitrogens with zero attached hydrogens (tertiary/aromatic N) is 2. The number of aryl methyl sites for hydroxylation is 1. The lowest BCUT2D eigenvalue weighted by Crippen LogP contribution is -2.29. The zero-order valence-corrected chi connectivity index (χ0v) is 11.3. The Kier molecular flexibility index (Phi) is 3.25. The van der Waals surface area contributed by atoms with Crippen LogP contribution in [0.5, 0.6) is 5.75 Å². The van der Waals surface area contributed by atoms with Crippen LogP contribution in [-0.2, 0) is 7.05 Å². The largest absolute Gasteiger partial charge is 0.493 e. The van der Waals surface area contributed by atoms with Crippen molar-refractivity contribution in [3.8, 4) is 5.75 Å². The van der Waals surface area contributed by atoms with Gasteiger partial charge in [0.2, 0.25) is 0 Å². The van der Waals surface area contributed by atoms with Crippen molar-refractivity contribution >= 4 is 0 Å². The molecular formula is C15H19N3O. The molecule has 1 aromatic carbocycles. The van der Waals surface area contributed by atoms with E-state index in [2.05, 4.69) is 34.7 Å². The van der Waals surface area contributed by atoms with Gasteiger partial charge in [-0.3, -0.25) is 4.68 Å². The van der Waals surface area contributed by atoms with Gasteiger partial charge in [0.05, 0.1) is 18.3 Å². The summed E-state index contributed by atoms with van der Waals surface area (Å²) in [5.74, 6) is 1.44. The van der Waals surface area contributed by atoms with E-state index < -0.39 is 0 Å². The molecule has 4 heteroatoms. The van der Waals surface area contributed by atoms with Gasteiger partial charge in [-0.2, -0.15) is 5.10 Å². The Morgan fingerprint density at radius 2 is 2.21 bits per heavy atom. The second-order valence-corrected chi connectivity index (χ2v) is 4.93. The number of rotatable bonds is 3. The second-order valence-electron chi connectivity index (χ2n) is 4.93. The van der Waals surface area contributed by atoms with E-state index in [9.17, 15) is 0 Å². The van der Waals surface area contributed by atoms with E-state index in [0.717, 1.165) is 18.8 Å². The van der Waals surface area contributed by atoms with E-state index in [1.165, 1.54) is 11.3 Å². The smallest absolute Gasteiger partial charge is 0.122 e. The highest BCUT2D eigenvalue weighted by atomic mass is 16.5. The number of fused-ring (bicyclic) bond motifs is 1. The predicted octanol–water partition coefficient (Wildman–Crippen LogP) is 2.25. The van der Waals surface area contributed by atoms with Gasteiger partial charge < -0.3 is 10.1 Å². The van der Waals surface area contributed by atoms with E-state index in [4.69, 9.17) is 4.74 Å². The van der Waals surface area contributed by atoms with E-state index in [1.807, 2.05) is 31.0 Å². The maximum Gasteiger partial charge on any atom is 0.122 e. The Balaban J connectivity index is 2.00. The van der Waals surface area contributed by atoms with Crippen molar-refractivity contribution in [1.29, 1.82) is 0 Å². The van der Waals surface area contributed by atoms with Crippen molar-refractivity contribution in [2.75, 3.05) is 13.7 Å². The topological polar surface area (TPSA) is 39.1 Å². The summed E-state index contributed by atoms with van der Waals surface area (Å²) in [5, 5.41) is 7.72. The van der Waals surface area contributed by atoms with E-state index in [1.54, 1.807) is 0 Å².